The van der Waals surface area contributed by atoms with E-state index in [1.165, 1.54) is 12.1 Å². The Morgan fingerprint density at radius 2 is 1.66 bits per heavy atom. The Balaban J connectivity index is 1.91. The molecule has 3 aromatic rings. The maximum Gasteiger partial charge on any atom is 0.434 e. The van der Waals surface area contributed by atoms with Gasteiger partial charge in [0.25, 0.3) is 5.91 Å². The van der Waals surface area contributed by atoms with Crippen molar-refractivity contribution in [3.63, 3.8) is 0 Å². The molecule has 5 nitrogen and oxygen atoms in total. The molecule has 2 N–H and O–H groups in total. The first kappa shape index (κ1) is 20.2. The average molecular weight is 414 g/mol. The van der Waals surface area contributed by atoms with E-state index in [9.17, 15) is 31.1 Å². The van der Waals surface area contributed by atoms with Crippen LogP contribution in [0.2, 0.25) is 0 Å². The van der Waals surface area contributed by atoms with Crippen molar-refractivity contribution in [2.45, 2.75) is 13.1 Å². The second kappa shape index (κ2) is 7.49. The molecule has 152 valence electrons. The van der Waals surface area contributed by atoms with E-state index < -0.39 is 46.5 Å². The van der Waals surface area contributed by atoms with Gasteiger partial charge in [-0.15, -0.1) is 0 Å². The molecule has 0 saturated carbocycles. The molecule has 2 aromatic carbocycles. The number of amides is 1. The Labute approximate surface area is 159 Å². The lowest BCUT2D eigenvalue weighted by atomic mass is 10.2. The van der Waals surface area contributed by atoms with Crippen LogP contribution in [-0.4, -0.2) is 15.7 Å². The average Bonchev–Trinajstić information content (AvgIpc) is 3.12. The van der Waals surface area contributed by atoms with Gasteiger partial charge in [0.1, 0.15) is 0 Å². The Kier molecular flexibility index (Phi) is 5.23. The van der Waals surface area contributed by atoms with E-state index in [-0.39, 0.29) is 5.69 Å². The number of nitrogens with one attached hydrogen (secondary N) is 2. The van der Waals surface area contributed by atoms with Crippen molar-refractivity contribution in [3.05, 3.63) is 76.9 Å². The van der Waals surface area contributed by atoms with Gasteiger partial charge >= 0.3 is 6.18 Å². The van der Waals surface area contributed by atoms with E-state index in [1.54, 1.807) is 19.1 Å². The maximum absolute atomic E-state index is 13.6. The summed E-state index contributed by atoms with van der Waals surface area (Å²) in [7, 11) is 0. The summed E-state index contributed by atoms with van der Waals surface area (Å²) in [5, 5.41) is 3.63. The minimum absolute atomic E-state index is 0.0709. The fourth-order valence-electron chi connectivity index (χ4n) is 2.48. The lowest BCUT2D eigenvalue weighted by molar-refractivity contribution is -0.143. The highest BCUT2D eigenvalue weighted by Gasteiger charge is 2.40. The van der Waals surface area contributed by atoms with Crippen LogP contribution in [0.1, 0.15) is 21.6 Å². The highest BCUT2D eigenvalue weighted by molar-refractivity contribution is 5.96. The third kappa shape index (κ3) is 4.03. The molecule has 0 aliphatic rings. The van der Waals surface area contributed by atoms with Crippen LogP contribution < -0.4 is 10.9 Å². The van der Waals surface area contributed by atoms with E-state index in [0.717, 1.165) is 11.6 Å². The summed E-state index contributed by atoms with van der Waals surface area (Å²) < 4.78 is 81.0. The molecule has 0 saturated heterocycles. The van der Waals surface area contributed by atoms with Gasteiger partial charge in [-0.05, 0) is 31.2 Å². The summed E-state index contributed by atoms with van der Waals surface area (Å²) in [6.07, 6.45) is -4.25. The van der Waals surface area contributed by atoms with Gasteiger partial charge in [0.2, 0.25) is 0 Å². The Bertz CT molecular complexity index is 1060. The third-order valence-electron chi connectivity index (χ3n) is 3.91. The number of carbonyl (C=O) groups excluding carboxylic acids is 1. The molecule has 0 spiro atoms. The smallest absolute Gasteiger partial charge is 0.295 e. The summed E-state index contributed by atoms with van der Waals surface area (Å²) in [6.45, 7) is 1.75. The summed E-state index contributed by atoms with van der Waals surface area (Å²) >= 11 is 0. The number of hydrogen-bond donors (Lipinski definition) is 2. The molecule has 1 heterocycles. The van der Waals surface area contributed by atoms with Crippen molar-refractivity contribution in [3.8, 4) is 5.69 Å². The van der Waals surface area contributed by atoms with Crippen LogP contribution in [0.4, 0.5) is 32.0 Å². The standard InChI is InChI=1S/C18H12F6N4O/c1-9-2-4-10(5-3-9)28-16(18(22,23)24)11(8-25-28)17(29)27-26-13-7-6-12(19)14(20)15(13)21/h2-8,26H,1H3,(H,27,29). The first-order valence-corrected chi connectivity index (χ1v) is 8.01. The molecule has 0 bridgehead atoms. The van der Waals surface area contributed by atoms with Gasteiger partial charge in [-0.1, -0.05) is 17.7 Å². The number of aryl methyl sites for hydroxylation is 1. The van der Waals surface area contributed by atoms with Crippen molar-refractivity contribution < 1.29 is 31.1 Å². The summed E-state index contributed by atoms with van der Waals surface area (Å²) in [5.74, 6) is -6.21. The van der Waals surface area contributed by atoms with Crippen molar-refractivity contribution >= 4 is 11.6 Å². The number of aromatic nitrogens is 2. The fourth-order valence-corrected chi connectivity index (χ4v) is 2.48. The predicted molar refractivity (Wildman–Crippen MR) is 90.7 cm³/mol. The Morgan fingerprint density at radius 3 is 2.28 bits per heavy atom. The van der Waals surface area contributed by atoms with Crippen molar-refractivity contribution in [1.29, 1.82) is 0 Å². The van der Waals surface area contributed by atoms with Crippen LogP contribution in [0.3, 0.4) is 0 Å². The largest absolute Gasteiger partial charge is 0.434 e. The van der Waals surface area contributed by atoms with Gasteiger partial charge in [-0.3, -0.25) is 15.6 Å². The summed E-state index contributed by atoms with van der Waals surface area (Å²) in [4.78, 5) is 12.2. The highest BCUT2D eigenvalue weighted by Crippen LogP contribution is 2.33. The predicted octanol–water partition coefficient (Wildman–Crippen LogP) is 4.37. The topological polar surface area (TPSA) is 59.0 Å². The zero-order valence-corrected chi connectivity index (χ0v) is 14.6. The van der Waals surface area contributed by atoms with Gasteiger partial charge in [0.05, 0.1) is 23.1 Å². The first-order valence-electron chi connectivity index (χ1n) is 8.01. The van der Waals surface area contributed by atoms with Crippen LogP contribution in [0.25, 0.3) is 5.69 Å². The van der Waals surface area contributed by atoms with Crippen molar-refractivity contribution in [2.75, 3.05) is 5.43 Å². The molecular formula is C18H12F6N4O. The second-order valence-electron chi connectivity index (χ2n) is 5.95. The van der Waals surface area contributed by atoms with Crippen LogP contribution in [0.5, 0.6) is 0 Å². The van der Waals surface area contributed by atoms with Crippen LogP contribution in [0, 0.1) is 24.4 Å². The van der Waals surface area contributed by atoms with Crippen molar-refractivity contribution in [1.82, 2.24) is 15.2 Å². The number of nitrogens with zero attached hydrogens (tertiary/aromatic N) is 2. The minimum Gasteiger partial charge on any atom is -0.295 e. The number of benzene rings is 2. The maximum atomic E-state index is 13.6. The van der Waals surface area contributed by atoms with Gasteiger partial charge in [-0.25, -0.2) is 17.9 Å². The van der Waals surface area contributed by atoms with Crippen LogP contribution >= 0.6 is 0 Å². The first-order chi connectivity index (χ1) is 13.6. The minimum atomic E-state index is -4.94. The van der Waals surface area contributed by atoms with Gasteiger partial charge in [0.15, 0.2) is 23.1 Å². The molecule has 0 unspecified atom stereocenters. The van der Waals surface area contributed by atoms with E-state index in [0.29, 0.717) is 16.9 Å². The highest BCUT2D eigenvalue weighted by atomic mass is 19.4. The van der Waals surface area contributed by atoms with E-state index in [2.05, 4.69) is 5.10 Å². The molecule has 0 fully saturated rings. The second-order valence-corrected chi connectivity index (χ2v) is 5.95. The van der Waals surface area contributed by atoms with Gasteiger partial charge in [0, 0.05) is 0 Å². The number of halogens is 6. The number of hydrogen-bond acceptors (Lipinski definition) is 3. The molecule has 0 atom stereocenters. The lowest BCUT2D eigenvalue weighted by Crippen LogP contribution is -2.31. The van der Waals surface area contributed by atoms with Crippen molar-refractivity contribution in [2.24, 2.45) is 0 Å². The molecule has 3 rings (SSSR count). The quantitative estimate of drug-likeness (QED) is 0.379. The summed E-state index contributed by atoms with van der Waals surface area (Å²) in [5.41, 5.74) is 1.75. The third-order valence-corrected chi connectivity index (χ3v) is 3.91. The number of hydrazine groups is 1. The monoisotopic (exact) mass is 414 g/mol. The normalized spacial score (nSPS) is 11.4. The summed E-state index contributed by atoms with van der Waals surface area (Å²) in [6, 6.07) is 7.30. The lowest BCUT2D eigenvalue weighted by Gasteiger charge is -2.14. The number of alkyl halides is 3. The van der Waals surface area contributed by atoms with E-state index in [1.807, 2.05) is 10.9 Å². The molecule has 1 amide bonds. The molecule has 0 aliphatic carbocycles. The fraction of sp³-hybridized carbons (Fsp3) is 0.111. The van der Waals surface area contributed by atoms with Crippen LogP contribution in [-0.2, 0) is 6.18 Å². The number of carbonyl (C=O) groups is 1. The van der Waals surface area contributed by atoms with Gasteiger partial charge in [-0.2, -0.15) is 18.3 Å². The molecule has 0 radical (unpaired) electrons. The van der Waals surface area contributed by atoms with E-state index in [4.69, 9.17) is 0 Å². The zero-order chi connectivity index (χ0) is 21.3. The van der Waals surface area contributed by atoms with Crippen LogP contribution in [0.15, 0.2) is 42.6 Å². The number of anilines is 1. The molecule has 1 aromatic heterocycles. The SMILES string of the molecule is Cc1ccc(-n2ncc(C(=O)NNc3ccc(F)c(F)c3F)c2C(F)(F)F)cc1. The van der Waals surface area contributed by atoms with Gasteiger partial charge < -0.3 is 0 Å². The Hall–Kier alpha value is -3.50. The number of rotatable bonds is 4. The zero-order valence-electron chi connectivity index (χ0n) is 14.6. The Morgan fingerprint density at radius 1 is 1.00 bits per heavy atom. The molecule has 0 aliphatic heterocycles. The molecule has 11 heteroatoms. The molecular weight excluding hydrogens is 402 g/mol. The van der Waals surface area contributed by atoms with E-state index >= 15 is 0 Å². The molecule has 29 heavy (non-hydrogen) atoms.